The van der Waals surface area contributed by atoms with E-state index in [-0.39, 0.29) is 6.10 Å². The van der Waals surface area contributed by atoms with Crippen LogP contribution in [0.5, 0.6) is 5.88 Å². The summed E-state index contributed by atoms with van der Waals surface area (Å²) < 4.78 is 5.91. The first-order valence-corrected chi connectivity index (χ1v) is 7.93. The highest BCUT2D eigenvalue weighted by atomic mass is 16.5. The molecule has 20 heavy (non-hydrogen) atoms. The van der Waals surface area contributed by atoms with Gasteiger partial charge in [0.2, 0.25) is 5.88 Å². The zero-order valence-corrected chi connectivity index (χ0v) is 13.3. The van der Waals surface area contributed by atoms with Crippen LogP contribution in [0.4, 0.5) is 0 Å². The summed E-state index contributed by atoms with van der Waals surface area (Å²) in [7, 11) is 0. The zero-order valence-electron chi connectivity index (χ0n) is 13.3. The molecule has 112 valence electrons. The lowest BCUT2D eigenvalue weighted by atomic mass is 9.95. The first kappa shape index (κ1) is 15.3. The Labute approximate surface area is 123 Å². The second-order valence-corrected chi connectivity index (χ2v) is 6.46. The van der Waals surface area contributed by atoms with Crippen molar-refractivity contribution in [3.8, 4) is 5.88 Å². The summed E-state index contributed by atoms with van der Waals surface area (Å²) in [6.07, 6.45) is 5.83. The Morgan fingerprint density at radius 1 is 1.30 bits per heavy atom. The van der Waals surface area contributed by atoms with Crippen molar-refractivity contribution in [2.24, 2.45) is 5.92 Å². The van der Waals surface area contributed by atoms with Gasteiger partial charge in [0, 0.05) is 24.3 Å². The summed E-state index contributed by atoms with van der Waals surface area (Å²) in [6, 6.07) is 4.69. The Hall–Kier alpha value is -1.09. The van der Waals surface area contributed by atoms with E-state index in [9.17, 15) is 0 Å². The minimum Gasteiger partial charge on any atom is -0.475 e. The predicted octanol–water partition coefficient (Wildman–Crippen LogP) is 4.05. The molecule has 3 heteroatoms. The number of pyridine rings is 1. The predicted molar refractivity (Wildman–Crippen MR) is 83.0 cm³/mol. The van der Waals surface area contributed by atoms with Crippen molar-refractivity contribution in [1.29, 1.82) is 0 Å². The van der Waals surface area contributed by atoms with E-state index in [2.05, 4.69) is 43.6 Å². The highest BCUT2D eigenvalue weighted by molar-refractivity contribution is 5.29. The van der Waals surface area contributed by atoms with E-state index in [1.165, 1.54) is 31.4 Å². The molecule has 1 aliphatic rings. The van der Waals surface area contributed by atoms with Crippen LogP contribution in [0, 0.1) is 5.92 Å². The number of aromatic nitrogens is 1. The molecule has 1 aromatic heterocycles. The van der Waals surface area contributed by atoms with Crippen LogP contribution in [0.25, 0.3) is 0 Å². The third-order valence-corrected chi connectivity index (χ3v) is 3.72. The van der Waals surface area contributed by atoms with Crippen LogP contribution in [0.3, 0.4) is 0 Å². The molecule has 0 bridgehead atoms. The molecule has 0 radical (unpaired) electrons. The third kappa shape index (κ3) is 3.95. The van der Waals surface area contributed by atoms with Crippen molar-refractivity contribution in [3.63, 3.8) is 0 Å². The number of nitrogens with zero attached hydrogens (tertiary/aromatic N) is 2. The average molecular weight is 276 g/mol. The third-order valence-electron chi connectivity index (χ3n) is 3.72. The molecule has 0 N–H and O–H groups in total. The molecule has 0 unspecified atom stereocenters. The number of ether oxygens (including phenoxy) is 1. The molecule has 0 aliphatic carbocycles. The Balaban J connectivity index is 2.22. The van der Waals surface area contributed by atoms with Crippen LogP contribution in [0.2, 0.25) is 0 Å². The van der Waals surface area contributed by atoms with Crippen LogP contribution in [0.15, 0.2) is 18.3 Å². The fourth-order valence-corrected chi connectivity index (χ4v) is 3.01. The average Bonchev–Trinajstić information content (AvgIpc) is 2.39. The van der Waals surface area contributed by atoms with Crippen LogP contribution >= 0.6 is 0 Å². The molecule has 0 aromatic carbocycles. The van der Waals surface area contributed by atoms with Crippen molar-refractivity contribution >= 4 is 0 Å². The van der Waals surface area contributed by atoms with E-state index < -0.39 is 0 Å². The summed E-state index contributed by atoms with van der Waals surface area (Å²) in [5.74, 6) is 1.52. The molecule has 1 aliphatic heterocycles. The minimum absolute atomic E-state index is 0.172. The van der Waals surface area contributed by atoms with Gasteiger partial charge in [-0.2, -0.15) is 0 Å². The molecule has 1 aromatic rings. The van der Waals surface area contributed by atoms with Gasteiger partial charge in [-0.25, -0.2) is 4.98 Å². The molecule has 1 saturated heterocycles. The second kappa shape index (κ2) is 7.07. The topological polar surface area (TPSA) is 25.4 Å². The molecule has 0 spiro atoms. The summed E-state index contributed by atoms with van der Waals surface area (Å²) in [4.78, 5) is 7.07. The van der Waals surface area contributed by atoms with Gasteiger partial charge in [-0.3, -0.25) is 4.90 Å². The Morgan fingerprint density at radius 3 is 2.80 bits per heavy atom. The maximum absolute atomic E-state index is 5.91. The quantitative estimate of drug-likeness (QED) is 0.811. The summed E-state index contributed by atoms with van der Waals surface area (Å²) >= 11 is 0. The first-order valence-electron chi connectivity index (χ1n) is 7.93. The second-order valence-electron chi connectivity index (χ2n) is 6.46. The standard InChI is InChI=1S/C17H28N2O/c1-13(2)12-19-11-6-5-9-16(19)15-8-7-10-18-17(15)20-14(3)4/h7-8,10,13-14,16H,5-6,9,11-12H2,1-4H3/t16-/m0/s1. The van der Waals surface area contributed by atoms with E-state index in [1.807, 2.05) is 12.3 Å². The van der Waals surface area contributed by atoms with Gasteiger partial charge < -0.3 is 4.74 Å². The number of piperidine rings is 1. The zero-order chi connectivity index (χ0) is 14.5. The van der Waals surface area contributed by atoms with Crippen LogP contribution in [-0.4, -0.2) is 29.1 Å². The molecule has 3 nitrogen and oxygen atoms in total. The molecule has 1 atom stereocenters. The van der Waals surface area contributed by atoms with E-state index in [4.69, 9.17) is 4.74 Å². The molecule has 2 heterocycles. The highest BCUT2D eigenvalue weighted by Gasteiger charge is 2.27. The molecular weight excluding hydrogens is 248 g/mol. The fraction of sp³-hybridized carbons (Fsp3) is 0.706. The van der Waals surface area contributed by atoms with Gasteiger partial charge in [-0.15, -0.1) is 0 Å². The van der Waals surface area contributed by atoms with E-state index in [0.29, 0.717) is 12.0 Å². The highest BCUT2D eigenvalue weighted by Crippen LogP contribution is 2.35. The van der Waals surface area contributed by atoms with E-state index >= 15 is 0 Å². The van der Waals surface area contributed by atoms with Crippen LogP contribution in [0.1, 0.15) is 58.6 Å². The Morgan fingerprint density at radius 2 is 2.10 bits per heavy atom. The summed E-state index contributed by atoms with van der Waals surface area (Å²) in [5.41, 5.74) is 1.27. The van der Waals surface area contributed by atoms with Crippen molar-refractivity contribution in [2.45, 2.75) is 59.1 Å². The lowest BCUT2D eigenvalue weighted by Gasteiger charge is -2.37. The lowest BCUT2D eigenvalue weighted by molar-refractivity contribution is 0.126. The van der Waals surface area contributed by atoms with E-state index in [0.717, 1.165) is 12.4 Å². The van der Waals surface area contributed by atoms with E-state index in [1.54, 1.807) is 0 Å². The van der Waals surface area contributed by atoms with Gasteiger partial charge in [0.15, 0.2) is 0 Å². The van der Waals surface area contributed by atoms with Crippen molar-refractivity contribution in [1.82, 2.24) is 9.88 Å². The minimum atomic E-state index is 0.172. The molecular formula is C17H28N2O. The van der Waals surface area contributed by atoms with Gasteiger partial charge in [0.05, 0.1) is 6.10 Å². The Kier molecular flexibility index (Phi) is 5.41. The van der Waals surface area contributed by atoms with Gasteiger partial charge in [0.25, 0.3) is 0 Å². The lowest BCUT2D eigenvalue weighted by Crippen LogP contribution is -2.36. The molecule has 2 rings (SSSR count). The maximum atomic E-state index is 5.91. The largest absolute Gasteiger partial charge is 0.475 e. The SMILES string of the molecule is CC(C)CN1CCCC[C@H]1c1cccnc1OC(C)C. The monoisotopic (exact) mass is 276 g/mol. The molecule has 0 amide bonds. The summed E-state index contributed by atoms with van der Waals surface area (Å²) in [6.45, 7) is 11.1. The first-order chi connectivity index (χ1) is 9.58. The van der Waals surface area contributed by atoms with Gasteiger partial charge in [-0.1, -0.05) is 26.3 Å². The van der Waals surface area contributed by atoms with Crippen molar-refractivity contribution in [2.75, 3.05) is 13.1 Å². The van der Waals surface area contributed by atoms with Crippen molar-refractivity contribution < 1.29 is 4.74 Å². The summed E-state index contributed by atoms with van der Waals surface area (Å²) in [5, 5.41) is 0. The molecule has 0 saturated carbocycles. The fourth-order valence-electron chi connectivity index (χ4n) is 3.01. The maximum Gasteiger partial charge on any atom is 0.218 e. The smallest absolute Gasteiger partial charge is 0.218 e. The normalized spacial score (nSPS) is 20.6. The van der Waals surface area contributed by atoms with Crippen LogP contribution < -0.4 is 4.74 Å². The van der Waals surface area contributed by atoms with Crippen LogP contribution in [-0.2, 0) is 0 Å². The van der Waals surface area contributed by atoms with Gasteiger partial charge in [-0.05, 0) is 45.2 Å². The molecule has 1 fully saturated rings. The van der Waals surface area contributed by atoms with Crippen molar-refractivity contribution in [3.05, 3.63) is 23.9 Å². The Bertz CT molecular complexity index is 417. The number of hydrogen-bond donors (Lipinski definition) is 0. The number of hydrogen-bond acceptors (Lipinski definition) is 3. The van der Waals surface area contributed by atoms with Gasteiger partial charge in [0.1, 0.15) is 0 Å². The number of rotatable bonds is 5. The number of likely N-dealkylation sites (tertiary alicyclic amines) is 1. The van der Waals surface area contributed by atoms with Gasteiger partial charge >= 0.3 is 0 Å².